The summed E-state index contributed by atoms with van der Waals surface area (Å²) in [5.74, 6) is 0. The van der Waals surface area contributed by atoms with Crippen molar-refractivity contribution in [3.8, 4) is 0 Å². The number of hydrogen-bond acceptors (Lipinski definition) is 2. The van der Waals surface area contributed by atoms with Gasteiger partial charge in [0.1, 0.15) is 0 Å². The van der Waals surface area contributed by atoms with Crippen molar-refractivity contribution in [3.63, 3.8) is 0 Å². The molecule has 1 aliphatic heterocycles. The fourth-order valence-corrected chi connectivity index (χ4v) is 2.59. The third-order valence-electron chi connectivity index (χ3n) is 3.59. The number of aryl methyl sites for hydroxylation is 1. The first-order valence-electron chi connectivity index (χ1n) is 6.66. The van der Waals surface area contributed by atoms with Crippen LogP contribution in [0.2, 0.25) is 0 Å². The third-order valence-corrected chi connectivity index (χ3v) is 3.59. The summed E-state index contributed by atoms with van der Waals surface area (Å²) in [5.41, 5.74) is 2.79. The van der Waals surface area contributed by atoms with E-state index in [0.717, 1.165) is 19.6 Å². The van der Waals surface area contributed by atoms with Gasteiger partial charge in [0, 0.05) is 25.3 Å². The highest BCUT2D eigenvalue weighted by molar-refractivity contribution is 5.28. The second kappa shape index (κ2) is 6.18. The number of ether oxygens (including phenoxy) is 1. The largest absolute Gasteiger partial charge is 0.381 e. The minimum absolute atomic E-state index is 0.430. The fraction of sp³-hybridized carbons (Fsp3) is 0.600. The molecular formula is C15H23NO. The summed E-state index contributed by atoms with van der Waals surface area (Å²) in [4.78, 5) is 0. The first-order chi connectivity index (χ1) is 8.27. The molecule has 0 amide bonds. The highest BCUT2D eigenvalue weighted by atomic mass is 16.5. The van der Waals surface area contributed by atoms with E-state index in [1.807, 2.05) is 0 Å². The molecule has 1 saturated heterocycles. The van der Waals surface area contributed by atoms with Crippen LogP contribution in [-0.4, -0.2) is 19.3 Å². The molecule has 1 fully saturated rings. The van der Waals surface area contributed by atoms with Gasteiger partial charge in [0.15, 0.2) is 0 Å². The van der Waals surface area contributed by atoms with Gasteiger partial charge in [-0.05, 0) is 44.2 Å². The molecule has 0 spiro atoms. The summed E-state index contributed by atoms with van der Waals surface area (Å²) in [6, 6.07) is 9.66. The van der Waals surface area contributed by atoms with E-state index in [4.69, 9.17) is 4.74 Å². The predicted octanol–water partition coefficient (Wildman–Crippen LogP) is 3.21. The fourth-order valence-electron chi connectivity index (χ4n) is 2.59. The van der Waals surface area contributed by atoms with Gasteiger partial charge in [-0.3, -0.25) is 0 Å². The Morgan fingerprint density at radius 3 is 2.88 bits per heavy atom. The first-order valence-corrected chi connectivity index (χ1v) is 6.66. The van der Waals surface area contributed by atoms with Gasteiger partial charge in [0.25, 0.3) is 0 Å². The molecule has 2 rings (SSSR count). The molecule has 1 heterocycles. The smallest absolute Gasteiger partial charge is 0.0480 e. The summed E-state index contributed by atoms with van der Waals surface area (Å²) >= 11 is 0. The lowest BCUT2D eigenvalue weighted by Crippen LogP contribution is -2.32. The standard InChI is InChI=1S/C15H23NO/c1-12-6-3-4-8-15(12)13(2)16-14-7-5-10-17-11-9-14/h3-4,6,8,13-14,16H,5,7,9-11H2,1-2H3. The average Bonchev–Trinajstić information content (AvgIpc) is 2.58. The maximum Gasteiger partial charge on any atom is 0.0480 e. The van der Waals surface area contributed by atoms with E-state index < -0.39 is 0 Å². The van der Waals surface area contributed by atoms with E-state index in [1.165, 1.54) is 24.0 Å². The van der Waals surface area contributed by atoms with Crippen LogP contribution < -0.4 is 5.32 Å². The lowest BCUT2D eigenvalue weighted by atomic mass is 10.0. The molecule has 94 valence electrons. The van der Waals surface area contributed by atoms with Crippen molar-refractivity contribution in [2.45, 2.75) is 45.2 Å². The van der Waals surface area contributed by atoms with Crippen LogP contribution >= 0.6 is 0 Å². The van der Waals surface area contributed by atoms with Gasteiger partial charge >= 0.3 is 0 Å². The molecule has 2 unspecified atom stereocenters. The van der Waals surface area contributed by atoms with Crippen molar-refractivity contribution >= 4 is 0 Å². The van der Waals surface area contributed by atoms with Gasteiger partial charge in [0.05, 0.1) is 0 Å². The maximum atomic E-state index is 5.50. The van der Waals surface area contributed by atoms with Crippen molar-refractivity contribution in [3.05, 3.63) is 35.4 Å². The van der Waals surface area contributed by atoms with Gasteiger partial charge in [-0.25, -0.2) is 0 Å². The Kier molecular flexibility index (Phi) is 4.57. The molecule has 2 atom stereocenters. The molecule has 0 bridgehead atoms. The zero-order valence-corrected chi connectivity index (χ0v) is 10.9. The van der Waals surface area contributed by atoms with Gasteiger partial charge < -0.3 is 10.1 Å². The molecule has 1 aromatic rings. The number of nitrogens with one attached hydrogen (secondary N) is 1. The molecule has 0 aliphatic carbocycles. The summed E-state index contributed by atoms with van der Waals surface area (Å²) in [6.07, 6.45) is 3.55. The van der Waals surface area contributed by atoms with E-state index in [1.54, 1.807) is 0 Å². The Labute approximate surface area is 104 Å². The van der Waals surface area contributed by atoms with Gasteiger partial charge in [0.2, 0.25) is 0 Å². The van der Waals surface area contributed by atoms with Crippen molar-refractivity contribution in [1.82, 2.24) is 5.32 Å². The summed E-state index contributed by atoms with van der Waals surface area (Å²) in [6.45, 7) is 6.27. The van der Waals surface area contributed by atoms with E-state index in [9.17, 15) is 0 Å². The van der Waals surface area contributed by atoms with Crippen LogP contribution in [-0.2, 0) is 4.74 Å². The van der Waals surface area contributed by atoms with E-state index >= 15 is 0 Å². The highest BCUT2D eigenvalue weighted by Crippen LogP contribution is 2.19. The molecule has 17 heavy (non-hydrogen) atoms. The van der Waals surface area contributed by atoms with E-state index in [-0.39, 0.29) is 0 Å². The van der Waals surface area contributed by atoms with Gasteiger partial charge in [-0.2, -0.15) is 0 Å². The zero-order chi connectivity index (χ0) is 12.1. The minimum Gasteiger partial charge on any atom is -0.381 e. The van der Waals surface area contributed by atoms with Gasteiger partial charge in [-0.1, -0.05) is 24.3 Å². The summed E-state index contributed by atoms with van der Waals surface area (Å²) < 4.78 is 5.50. The third kappa shape index (κ3) is 3.55. The predicted molar refractivity (Wildman–Crippen MR) is 71.2 cm³/mol. The van der Waals surface area contributed by atoms with Crippen molar-refractivity contribution < 1.29 is 4.74 Å². The van der Waals surface area contributed by atoms with Crippen molar-refractivity contribution in [2.75, 3.05) is 13.2 Å². The Bertz CT molecular complexity index is 343. The molecular weight excluding hydrogens is 210 g/mol. The monoisotopic (exact) mass is 233 g/mol. The Morgan fingerprint density at radius 1 is 1.24 bits per heavy atom. The van der Waals surface area contributed by atoms with E-state index in [2.05, 4.69) is 43.4 Å². The van der Waals surface area contributed by atoms with Crippen LogP contribution in [0.5, 0.6) is 0 Å². The molecule has 0 radical (unpaired) electrons. The van der Waals surface area contributed by atoms with Crippen molar-refractivity contribution in [1.29, 1.82) is 0 Å². The number of rotatable bonds is 3. The quantitative estimate of drug-likeness (QED) is 0.865. The molecule has 1 aromatic carbocycles. The topological polar surface area (TPSA) is 21.3 Å². The second-order valence-corrected chi connectivity index (χ2v) is 4.99. The number of hydrogen-bond donors (Lipinski definition) is 1. The molecule has 1 aliphatic rings. The molecule has 0 aromatic heterocycles. The molecule has 0 saturated carbocycles. The highest BCUT2D eigenvalue weighted by Gasteiger charge is 2.16. The van der Waals surface area contributed by atoms with Crippen LogP contribution in [0.3, 0.4) is 0 Å². The molecule has 2 nitrogen and oxygen atoms in total. The Balaban J connectivity index is 1.96. The summed E-state index contributed by atoms with van der Waals surface area (Å²) in [5, 5.41) is 3.74. The van der Waals surface area contributed by atoms with Gasteiger partial charge in [-0.15, -0.1) is 0 Å². The van der Waals surface area contributed by atoms with Crippen LogP contribution in [0.25, 0.3) is 0 Å². The molecule has 1 N–H and O–H groups in total. The average molecular weight is 233 g/mol. The minimum atomic E-state index is 0.430. The SMILES string of the molecule is Cc1ccccc1C(C)NC1CCCOCC1. The van der Waals surface area contributed by atoms with Crippen LogP contribution in [0.4, 0.5) is 0 Å². The van der Waals surface area contributed by atoms with E-state index in [0.29, 0.717) is 12.1 Å². The van der Waals surface area contributed by atoms with Crippen LogP contribution in [0, 0.1) is 6.92 Å². The number of benzene rings is 1. The Hall–Kier alpha value is -0.860. The maximum absolute atomic E-state index is 5.50. The normalized spacial score (nSPS) is 23.1. The zero-order valence-electron chi connectivity index (χ0n) is 10.9. The second-order valence-electron chi connectivity index (χ2n) is 4.99. The van der Waals surface area contributed by atoms with Crippen molar-refractivity contribution in [2.24, 2.45) is 0 Å². The lowest BCUT2D eigenvalue weighted by molar-refractivity contribution is 0.142. The first kappa shape index (κ1) is 12.6. The summed E-state index contributed by atoms with van der Waals surface area (Å²) in [7, 11) is 0. The van der Waals surface area contributed by atoms with Crippen LogP contribution in [0.15, 0.2) is 24.3 Å². The lowest BCUT2D eigenvalue weighted by Gasteiger charge is -2.23. The van der Waals surface area contributed by atoms with Crippen LogP contribution in [0.1, 0.15) is 43.4 Å². The Morgan fingerprint density at radius 2 is 2.06 bits per heavy atom. The molecule has 2 heteroatoms.